The molecule has 4 saturated carbocycles. The molecule has 406 valence electrons. The molecule has 0 unspecified atom stereocenters. The molecule has 0 bridgehead atoms. The van der Waals surface area contributed by atoms with Gasteiger partial charge in [0.05, 0.1) is 43.1 Å². The number of fused-ring (bicyclic) bond motifs is 7. The maximum atomic E-state index is 14.9. The number of aliphatic hydroxyl groups is 8. The predicted molar refractivity (Wildman–Crippen MR) is 262 cm³/mol. The molecule has 0 radical (unpaired) electrons. The lowest BCUT2D eigenvalue weighted by Crippen LogP contribution is -2.68. The highest BCUT2D eigenvalue weighted by atomic mass is 16.8. The van der Waals surface area contributed by atoms with Crippen LogP contribution in [0, 0.1) is 50.2 Å². The number of aliphatic hydroxyl groups excluding tert-OH is 8. The van der Waals surface area contributed by atoms with Crippen molar-refractivity contribution >= 4 is 11.6 Å². The Morgan fingerprint density at radius 1 is 0.681 bits per heavy atom. The number of amides is 1. The van der Waals surface area contributed by atoms with E-state index < -0.39 is 116 Å². The number of carbonyl (C=O) groups excluding carboxylic acids is 1. The molecule has 9 rings (SSSR count). The number of rotatable bonds is 10. The van der Waals surface area contributed by atoms with Crippen molar-refractivity contribution in [3.8, 4) is 5.75 Å². The third-order valence-electron chi connectivity index (χ3n) is 20.7. The number of methoxy groups -OCH3 is 1. The molecule has 9 N–H and O–H groups in total. The fraction of sp³-hybridized carbons (Fsp3) is 0.836. The summed E-state index contributed by atoms with van der Waals surface area (Å²) in [6.45, 7) is 19.0. The summed E-state index contributed by atoms with van der Waals surface area (Å²) >= 11 is 0. The zero-order valence-corrected chi connectivity index (χ0v) is 44.0. The predicted octanol–water partition coefficient (Wildman–Crippen LogP) is 4.32. The molecule has 1 aromatic rings. The molecule has 17 heteroatoms. The summed E-state index contributed by atoms with van der Waals surface area (Å²) in [4.78, 5) is 14.9. The zero-order valence-electron chi connectivity index (χ0n) is 44.0. The maximum Gasteiger partial charge on any atom is 0.231 e. The second kappa shape index (κ2) is 19.6. The fourth-order valence-corrected chi connectivity index (χ4v) is 16.1. The third-order valence-corrected chi connectivity index (χ3v) is 20.7. The smallest absolute Gasteiger partial charge is 0.231 e. The molecule has 3 aliphatic heterocycles. The van der Waals surface area contributed by atoms with E-state index in [-0.39, 0.29) is 39.4 Å². The molecule has 23 atom stereocenters. The number of allylic oxidation sites excluding steroid dienone is 2. The van der Waals surface area contributed by atoms with E-state index in [1.807, 2.05) is 24.3 Å². The Labute approximate surface area is 424 Å². The highest BCUT2D eigenvalue weighted by Crippen LogP contribution is 2.76. The first kappa shape index (κ1) is 54.5. The lowest BCUT2D eigenvalue weighted by atomic mass is 9.33. The van der Waals surface area contributed by atoms with Crippen molar-refractivity contribution in [2.24, 2.45) is 50.2 Å². The van der Waals surface area contributed by atoms with Crippen LogP contribution in [0.15, 0.2) is 35.9 Å². The molecule has 1 aromatic carbocycles. The van der Waals surface area contributed by atoms with Crippen molar-refractivity contribution in [1.29, 1.82) is 0 Å². The molecule has 7 fully saturated rings. The van der Waals surface area contributed by atoms with Crippen LogP contribution in [0.4, 0.5) is 5.69 Å². The normalized spacial score (nSPS) is 49.8. The molecular formula is C55H85NO16. The van der Waals surface area contributed by atoms with Crippen LogP contribution in [-0.2, 0) is 33.2 Å². The van der Waals surface area contributed by atoms with E-state index in [1.165, 1.54) is 19.4 Å². The molecular weight excluding hydrogens is 931 g/mol. The summed E-state index contributed by atoms with van der Waals surface area (Å²) in [5.74, 6) is 1.37. The summed E-state index contributed by atoms with van der Waals surface area (Å²) in [5.41, 5.74) is 0.947. The average Bonchev–Trinajstić information content (AvgIpc) is 3.33. The van der Waals surface area contributed by atoms with Gasteiger partial charge in [0.25, 0.3) is 0 Å². The van der Waals surface area contributed by atoms with E-state index in [1.54, 1.807) is 7.11 Å². The zero-order chi connectivity index (χ0) is 52.2. The monoisotopic (exact) mass is 1020 g/mol. The van der Waals surface area contributed by atoms with Crippen LogP contribution in [0.1, 0.15) is 127 Å². The van der Waals surface area contributed by atoms with Crippen LogP contribution in [-0.4, -0.2) is 159 Å². The first-order chi connectivity index (χ1) is 33.8. The Morgan fingerprint density at radius 2 is 1.29 bits per heavy atom. The van der Waals surface area contributed by atoms with E-state index in [4.69, 9.17) is 33.2 Å². The first-order valence-electron chi connectivity index (χ1n) is 26.7. The Kier molecular flexibility index (Phi) is 14.8. The molecule has 5 aliphatic carbocycles. The minimum Gasteiger partial charge on any atom is -0.495 e. The first-order valence-corrected chi connectivity index (χ1v) is 26.7. The van der Waals surface area contributed by atoms with Crippen LogP contribution in [0.2, 0.25) is 0 Å². The van der Waals surface area contributed by atoms with E-state index in [0.717, 1.165) is 57.8 Å². The molecule has 0 spiro atoms. The second-order valence-electron chi connectivity index (χ2n) is 25.3. The highest BCUT2D eigenvalue weighted by molar-refractivity contribution is 5.97. The molecule has 1 amide bonds. The quantitative estimate of drug-likeness (QED) is 0.117. The summed E-state index contributed by atoms with van der Waals surface area (Å²) in [5, 5.41) is 90.5. The fourth-order valence-electron chi connectivity index (χ4n) is 16.1. The van der Waals surface area contributed by atoms with Gasteiger partial charge in [0, 0.05) is 0 Å². The van der Waals surface area contributed by atoms with Crippen molar-refractivity contribution in [3.05, 3.63) is 35.9 Å². The molecule has 3 heterocycles. The molecule has 0 aromatic heterocycles. The third kappa shape index (κ3) is 8.73. The lowest BCUT2D eigenvalue weighted by Gasteiger charge is -2.71. The van der Waals surface area contributed by atoms with Gasteiger partial charge in [0.1, 0.15) is 66.8 Å². The van der Waals surface area contributed by atoms with Crippen LogP contribution < -0.4 is 10.1 Å². The van der Waals surface area contributed by atoms with Gasteiger partial charge in [-0.3, -0.25) is 4.79 Å². The van der Waals surface area contributed by atoms with Gasteiger partial charge in [-0.15, -0.1) is 0 Å². The van der Waals surface area contributed by atoms with Crippen molar-refractivity contribution in [3.63, 3.8) is 0 Å². The number of ether oxygens (including phenoxy) is 7. The van der Waals surface area contributed by atoms with Gasteiger partial charge < -0.3 is 79.3 Å². The van der Waals surface area contributed by atoms with E-state index in [2.05, 4.69) is 59.9 Å². The van der Waals surface area contributed by atoms with Crippen LogP contribution >= 0.6 is 0 Å². The number of carbonyl (C=O) groups is 1. The maximum absolute atomic E-state index is 14.9. The van der Waals surface area contributed by atoms with Gasteiger partial charge in [-0.25, -0.2) is 0 Å². The van der Waals surface area contributed by atoms with E-state index >= 15 is 0 Å². The van der Waals surface area contributed by atoms with Crippen molar-refractivity contribution < 1.29 is 78.8 Å². The van der Waals surface area contributed by atoms with Gasteiger partial charge in [0.2, 0.25) is 5.91 Å². The topological polar surface area (TPSA) is 256 Å². The standard InChI is InChI=1S/C55H85NO16/c1-27-37(58)39(60)41(62)46(67-27)71-44-33(26-57)69-48(45(43(44)64)72-47-42(63)40(61)38(59)28(2)68-47)70-36-18-19-52(7)34(51(36,5)6)17-20-54(9)35(52)16-15-29-30-25-50(3,4)21-23-55(30,24-22-53(29,54)8)49(65)56-31-13-11-12-14-32(31)66-10/h11-15,27-28,30,33-48,57-64H,16-26H2,1-10H3,(H,56,65)/t27-,28-,30-,33+,34-,35+,36-,37-,38-,39+,40+,41+,42+,43-,44+,45+,46-,47-,48-,52-,53+,54+,55-/m0/s1. The van der Waals surface area contributed by atoms with Crippen LogP contribution in [0.3, 0.4) is 0 Å². The van der Waals surface area contributed by atoms with Gasteiger partial charge in [0.15, 0.2) is 18.9 Å². The lowest BCUT2D eigenvalue weighted by molar-refractivity contribution is -0.393. The van der Waals surface area contributed by atoms with Gasteiger partial charge in [-0.2, -0.15) is 0 Å². The number of anilines is 1. The van der Waals surface area contributed by atoms with Crippen LogP contribution in [0.25, 0.3) is 0 Å². The summed E-state index contributed by atoms with van der Waals surface area (Å²) in [6.07, 6.45) is -11.1. The van der Waals surface area contributed by atoms with Crippen molar-refractivity contribution in [2.45, 2.75) is 225 Å². The minimum absolute atomic E-state index is 0.0600. The summed E-state index contributed by atoms with van der Waals surface area (Å²) in [7, 11) is 1.63. The summed E-state index contributed by atoms with van der Waals surface area (Å²) < 4.78 is 43.1. The van der Waals surface area contributed by atoms with Crippen molar-refractivity contribution in [2.75, 3.05) is 19.0 Å². The number of hydrogen-bond acceptors (Lipinski definition) is 16. The number of benzene rings is 1. The molecule has 17 nitrogen and oxygen atoms in total. The molecule has 72 heavy (non-hydrogen) atoms. The highest BCUT2D eigenvalue weighted by Gasteiger charge is 2.70. The number of para-hydroxylation sites is 2. The largest absolute Gasteiger partial charge is 0.495 e. The Bertz CT molecular complexity index is 2160. The number of hydrogen-bond donors (Lipinski definition) is 9. The molecule has 3 saturated heterocycles. The minimum atomic E-state index is -1.74. The van der Waals surface area contributed by atoms with Crippen molar-refractivity contribution in [1.82, 2.24) is 0 Å². The van der Waals surface area contributed by atoms with Gasteiger partial charge in [-0.1, -0.05) is 72.2 Å². The second-order valence-corrected chi connectivity index (χ2v) is 25.3. The summed E-state index contributed by atoms with van der Waals surface area (Å²) in [6, 6.07) is 7.65. The van der Waals surface area contributed by atoms with E-state index in [0.29, 0.717) is 23.8 Å². The van der Waals surface area contributed by atoms with Crippen LogP contribution in [0.5, 0.6) is 5.75 Å². The Morgan fingerprint density at radius 3 is 1.92 bits per heavy atom. The van der Waals surface area contributed by atoms with Gasteiger partial charge in [-0.05, 0) is 135 Å². The molecule has 8 aliphatic rings. The van der Waals surface area contributed by atoms with Gasteiger partial charge >= 0.3 is 0 Å². The van der Waals surface area contributed by atoms with E-state index in [9.17, 15) is 45.6 Å². The SMILES string of the molecule is COc1ccccc1NC(=O)[C@]12CCC(C)(C)C[C@H]1C1=CC[C@@H]3[C@@]4(C)CC[C@H](O[C@@H]5O[C@H](CO)[C@@H](O[C@@H]6O[C@@H](C)[C@H](O)[C@@H](O)[C@H]6O)[C@H](O)[C@H]5O[C@@H]5O[C@@H](C)[C@H](O)[C@@H](O)[C@H]5O)C(C)(C)[C@@H]4CC[C@@]3(C)[C@]1(C)CC2. The Balaban J connectivity index is 0.982. The number of nitrogens with one attached hydrogen (secondary N) is 1. The Hall–Kier alpha value is -2.33. The average molecular weight is 1020 g/mol.